The molecule has 2 aliphatic heterocycles. The van der Waals surface area contributed by atoms with Crippen LogP contribution in [0.15, 0.2) is 6.07 Å². The van der Waals surface area contributed by atoms with Crippen LogP contribution < -0.4 is 5.32 Å². The van der Waals surface area contributed by atoms with Crippen LogP contribution >= 0.6 is 23.7 Å². The highest BCUT2D eigenvalue weighted by atomic mass is 35.5. The zero-order chi connectivity index (χ0) is 16.4. The Morgan fingerprint density at radius 1 is 1.17 bits per heavy atom. The van der Waals surface area contributed by atoms with E-state index < -0.39 is 0 Å². The summed E-state index contributed by atoms with van der Waals surface area (Å²) in [6.45, 7) is 7.90. The van der Waals surface area contributed by atoms with E-state index in [4.69, 9.17) is 0 Å². The molecule has 0 aliphatic carbocycles. The van der Waals surface area contributed by atoms with Crippen LogP contribution in [0.2, 0.25) is 0 Å². The molecule has 0 unspecified atom stereocenters. The van der Waals surface area contributed by atoms with Crippen LogP contribution in [0, 0.1) is 25.7 Å². The van der Waals surface area contributed by atoms with Gasteiger partial charge in [-0.2, -0.15) is 0 Å². The van der Waals surface area contributed by atoms with Crippen LogP contribution in [-0.4, -0.2) is 42.8 Å². The highest BCUT2D eigenvalue weighted by Crippen LogP contribution is 2.27. The first-order chi connectivity index (χ1) is 11.0. The van der Waals surface area contributed by atoms with Gasteiger partial charge in [-0.25, -0.2) is 0 Å². The number of rotatable bonds is 4. The van der Waals surface area contributed by atoms with Gasteiger partial charge < -0.3 is 10.2 Å². The maximum atomic E-state index is 12.5. The van der Waals surface area contributed by atoms with Gasteiger partial charge >= 0.3 is 0 Å². The Balaban J connectivity index is 0.00000208. The number of ketones is 1. The van der Waals surface area contributed by atoms with Crippen molar-refractivity contribution in [2.75, 3.05) is 26.2 Å². The molecule has 0 saturated carbocycles. The number of fused-ring (bicyclic) bond motifs is 1. The van der Waals surface area contributed by atoms with Crippen LogP contribution in [0.25, 0.3) is 0 Å². The Bertz CT molecular complexity index is 588. The fraction of sp³-hybridized carbons (Fsp3) is 0.667. The van der Waals surface area contributed by atoms with Gasteiger partial charge in [0.2, 0.25) is 5.91 Å². The van der Waals surface area contributed by atoms with Crippen molar-refractivity contribution in [3.8, 4) is 0 Å². The summed E-state index contributed by atoms with van der Waals surface area (Å²) in [7, 11) is 0. The predicted octanol–water partition coefficient (Wildman–Crippen LogP) is 3.21. The zero-order valence-electron chi connectivity index (χ0n) is 14.5. The Hall–Kier alpha value is -0.910. The number of amides is 1. The Kier molecular flexibility index (Phi) is 6.84. The second-order valence-corrected chi connectivity index (χ2v) is 8.35. The Morgan fingerprint density at radius 2 is 1.79 bits per heavy atom. The van der Waals surface area contributed by atoms with E-state index in [1.807, 2.05) is 24.8 Å². The molecule has 1 aromatic rings. The normalized spacial score (nSPS) is 23.3. The van der Waals surface area contributed by atoms with E-state index in [9.17, 15) is 9.59 Å². The molecule has 6 heteroatoms. The summed E-state index contributed by atoms with van der Waals surface area (Å²) < 4.78 is 0. The minimum atomic E-state index is 0. The smallest absolute Gasteiger partial charge is 0.223 e. The molecule has 2 saturated heterocycles. The van der Waals surface area contributed by atoms with E-state index >= 15 is 0 Å². The monoisotopic (exact) mass is 370 g/mol. The van der Waals surface area contributed by atoms with Crippen molar-refractivity contribution in [3.63, 3.8) is 0 Å². The summed E-state index contributed by atoms with van der Waals surface area (Å²) in [6, 6.07) is 1.95. The third kappa shape index (κ3) is 4.38. The Labute approximate surface area is 154 Å². The van der Waals surface area contributed by atoms with Gasteiger partial charge in [-0.3, -0.25) is 9.59 Å². The van der Waals surface area contributed by atoms with Gasteiger partial charge in [0.05, 0.1) is 0 Å². The average molecular weight is 371 g/mol. The SMILES string of the molecule is Cc1cc(C(=O)CCC(=O)N2CC[C@@H]3CNC[C@@H]3CC2)c(C)s1.Cl. The van der Waals surface area contributed by atoms with Crippen LogP contribution in [-0.2, 0) is 4.79 Å². The first-order valence-electron chi connectivity index (χ1n) is 8.63. The molecule has 2 atom stereocenters. The molecule has 1 aromatic heterocycles. The first-order valence-corrected chi connectivity index (χ1v) is 9.45. The van der Waals surface area contributed by atoms with Crippen molar-refractivity contribution in [3.05, 3.63) is 21.4 Å². The lowest BCUT2D eigenvalue weighted by atomic mass is 9.92. The van der Waals surface area contributed by atoms with Crippen molar-refractivity contribution in [2.45, 2.75) is 39.5 Å². The van der Waals surface area contributed by atoms with E-state index in [2.05, 4.69) is 5.32 Å². The van der Waals surface area contributed by atoms with E-state index in [0.717, 1.165) is 66.2 Å². The summed E-state index contributed by atoms with van der Waals surface area (Å²) in [5, 5.41) is 3.45. The van der Waals surface area contributed by atoms with Gasteiger partial charge in [-0.05, 0) is 57.7 Å². The summed E-state index contributed by atoms with van der Waals surface area (Å²) in [4.78, 5) is 29.0. The highest BCUT2D eigenvalue weighted by molar-refractivity contribution is 7.12. The van der Waals surface area contributed by atoms with Crippen molar-refractivity contribution in [1.82, 2.24) is 10.2 Å². The molecule has 134 valence electrons. The van der Waals surface area contributed by atoms with Crippen LogP contribution in [0.4, 0.5) is 0 Å². The van der Waals surface area contributed by atoms with Crippen molar-refractivity contribution in [1.29, 1.82) is 0 Å². The van der Waals surface area contributed by atoms with Crippen molar-refractivity contribution < 1.29 is 9.59 Å². The van der Waals surface area contributed by atoms with Gasteiger partial charge in [0.25, 0.3) is 0 Å². The predicted molar refractivity (Wildman–Crippen MR) is 100 cm³/mol. The molecule has 0 radical (unpaired) electrons. The number of nitrogens with one attached hydrogen (secondary N) is 1. The summed E-state index contributed by atoms with van der Waals surface area (Å²) in [6.07, 6.45) is 2.88. The minimum Gasteiger partial charge on any atom is -0.343 e. The maximum absolute atomic E-state index is 12.5. The molecular weight excluding hydrogens is 344 g/mol. The number of carbonyl (C=O) groups is 2. The van der Waals surface area contributed by atoms with Gasteiger partial charge in [-0.1, -0.05) is 0 Å². The summed E-state index contributed by atoms with van der Waals surface area (Å²) >= 11 is 1.65. The molecule has 2 aliphatic rings. The second kappa shape index (κ2) is 8.45. The lowest BCUT2D eigenvalue weighted by Gasteiger charge is -2.20. The van der Waals surface area contributed by atoms with E-state index in [1.165, 1.54) is 0 Å². The number of likely N-dealkylation sites (tertiary alicyclic amines) is 1. The fourth-order valence-corrected chi connectivity index (χ4v) is 4.83. The average Bonchev–Trinajstić information content (AvgIpc) is 3.05. The van der Waals surface area contributed by atoms with Crippen LogP contribution in [0.1, 0.15) is 45.8 Å². The quantitative estimate of drug-likeness (QED) is 0.828. The number of aryl methyl sites for hydroxylation is 2. The molecular formula is C18H27ClN2O2S. The van der Waals surface area contributed by atoms with Crippen LogP contribution in [0.5, 0.6) is 0 Å². The molecule has 24 heavy (non-hydrogen) atoms. The van der Waals surface area contributed by atoms with Gasteiger partial charge in [0, 0.05) is 41.2 Å². The molecule has 2 fully saturated rings. The van der Waals surface area contributed by atoms with E-state index in [0.29, 0.717) is 12.8 Å². The number of hydrogen-bond acceptors (Lipinski definition) is 4. The molecule has 1 N–H and O–H groups in total. The molecule has 0 aromatic carbocycles. The largest absolute Gasteiger partial charge is 0.343 e. The maximum Gasteiger partial charge on any atom is 0.223 e. The lowest BCUT2D eigenvalue weighted by molar-refractivity contribution is -0.131. The molecule has 0 spiro atoms. The number of thiophene rings is 1. The van der Waals surface area contributed by atoms with Crippen molar-refractivity contribution >= 4 is 35.4 Å². The molecule has 3 heterocycles. The number of Topliss-reactive ketones (excluding diaryl/α,β-unsaturated/α-hetero) is 1. The fourth-order valence-electron chi connectivity index (χ4n) is 3.89. The second-order valence-electron chi connectivity index (χ2n) is 6.89. The van der Waals surface area contributed by atoms with Gasteiger partial charge in [-0.15, -0.1) is 23.7 Å². The van der Waals surface area contributed by atoms with E-state index in [1.54, 1.807) is 11.3 Å². The number of nitrogens with zero attached hydrogens (tertiary/aromatic N) is 1. The number of hydrogen-bond donors (Lipinski definition) is 1. The molecule has 1 amide bonds. The summed E-state index contributed by atoms with van der Waals surface area (Å²) in [5.74, 6) is 1.71. The molecule has 3 rings (SSSR count). The standard InChI is InChI=1S/C18H26N2O2S.ClH/c1-12-9-16(13(2)23-12)17(21)3-4-18(22)20-7-5-14-10-19-11-15(14)6-8-20;/h9,14-15,19H,3-8,10-11H2,1-2H3;1H/t14-,15+;. The van der Waals surface area contributed by atoms with E-state index in [-0.39, 0.29) is 24.1 Å². The first kappa shape index (κ1) is 19.4. The Morgan fingerprint density at radius 3 is 2.33 bits per heavy atom. The lowest BCUT2D eigenvalue weighted by Crippen LogP contribution is -2.32. The minimum absolute atomic E-state index is 0. The number of halogens is 1. The van der Waals surface area contributed by atoms with Crippen LogP contribution in [0.3, 0.4) is 0 Å². The molecule has 0 bridgehead atoms. The topological polar surface area (TPSA) is 49.4 Å². The third-order valence-electron chi connectivity index (χ3n) is 5.28. The highest BCUT2D eigenvalue weighted by Gasteiger charge is 2.31. The third-order valence-corrected chi connectivity index (χ3v) is 6.25. The number of carbonyl (C=O) groups excluding carboxylic acids is 2. The zero-order valence-corrected chi connectivity index (χ0v) is 16.1. The summed E-state index contributed by atoms with van der Waals surface area (Å²) in [5.41, 5.74) is 0.803. The van der Waals surface area contributed by atoms with Gasteiger partial charge in [0.15, 0.2) is 5.78 Å². The van der Waals surface area contributed by atoms with Crippen molar-refractivity contribution in [2.24, 2.45) is 11.8 Å². The van der Waals surface area contributed by atoms with Gasteiger partial charge in [0.1, 0.15) is 0 Å². The molecule has 4 nitrogen and oxygen atoms in total.